The van der Waals surface area contributed by atoms with Crippen molar-refractivity contribution in [1.82, 2.24) is 14.5 Å². The minimum absolute atomic E-state index is 0.941. The first-order valence-corrected chi connectivity index (χ1v) is 7.61. The van der Waals surface area contributed by atoms with E-state index in [-0.39, 0.29) is 0 Å². The predicted molar refractivity (Wildman–Crippen MR) is 89.9 cm³/mol. The first-order chi connectivity index (χ1) is 11.3. The van der Waals surface area contributed by atoms with Crippen LogP contribution in [0.15, 0.2) is 67.3 Å². The summed E-state index contributed by atoms with van der Waals surface area (Å²) in [5, 5.41) is 0. The molecule has 0 radical (unpaired) electrons. The van der Waals surface area contributed by atoms with Gasteiger partial charge in [-0.25, -0.2) is 9.55 Å². The Morgan fingerprint density at radius 1 is 0.826 bits per heavy atom. The van der Waals surface area contributed by atoms with Crippen LogP contribution in [0.4, 0.5) is 0 Å². The van der Waals surface area contributed by atoms with E-state index in [1.807, 2.05) is 36.7 Å². The molecule has 0 aliphatic carbocycles. The van der Waals surface area contributed by atoms with Gasteiger partial charge in [-0.1, -0.05) is 18.2 Å². The fraction of sp³-hybridized carbons (Fsp3) is 0.105. The Kier molecular flexibility index (Phi) is 3.15. The topological polar surface area (TPSA) is 34.6 Å². The van der Waals surface area contributed by atoms with Crippen molar-refractivity contribution in [3.8, 4) is 11.6 Å². The fourth-order valence-corrected chi connectivity index (χ4v) is 2.91. The molecule has 0 unspecified atom stereocenters. The van der Waals surface area contributed by atoms with Crippen LogP contribution in [0.5, 0.6) is 0 Å². The highest BCUT2D eigenvalue weighted by atomic mass is 15.2. The van der Waals surface area contributed by atoms with E-state index in [1.54, 1.807) is 0 Å². The van der Waals surface area contributed by atoms with Gasteiger partial charge in [-0.05, 0) is 44.2 Å². The lowest BCUT2D eigenvalue weighted by molar-refractivity contribution is -0.572. The van der Waals surface area contributed by atoms with Crippen LogP contribution in [-0.4, -0.2) is 14.5 Å². The van der Waals surface area contributed by atoms with Gasteiger partial charge < -0.3 is 0 Å². The van der Waals surface area contributed by atoms with Gasteiger partial charge in [0.05, 0.1) is 0 Å². The third kappa shape index (κ3) is 2.19. The van der Waals surface area contributed by atoms with Crippen molar-refractivity contribution >= 4 is 11.0 Å². The van der Waals surface area contributed by atoms with Gasteiger partial charge in [0.1, 0.15) is 17.2 Å². The Morgan fingerprint density at radius 2 is 1.57 bits per heavy atom. The lowest BCUT2D eigenvalue weighted by Gasteiger charge is -2.01. The third-order valence-corrected chi connectivity index (χ3v) is 4.05. The molecule has 0 aliphatic rings. The molecule has 0 spiro atoms. The second-order valence-corrected chi connectivity index (χ2v) is 5.63. The number of hydrogen-bond acceptors (Lipinski definition) is 2. The third-order valence-electron chi connectivity index (χ3n) is 4.05. The number of benzene rings is 1. The number of para-hydroxylation sites is 2. The van der Waals surface area contributed by atoms with E-state index >= 15 is 0 Å². The summed E-state index contributed by atoms with van der Waals surface area (Å²) in [7, 11) is 0. The van der Waals surface area contributed by atoms with E-state index in [9.17, 15) is 0 Å². The highest BCUT2D eigenvalue weighted by Gasteiger charge is 2.20. The number of hydrogen-bond donors (Lipinski definition) is 0. The first-order valence-electron chi connectivity index (χ1n) is 7.61. The number of rotatable bonds is 2. The molecule has 4 nitrogen and oxygen atoms in total. The van der Waals surface area contributed by atoms with Gasteiger partial charge in [0.15, 0.2) is 5.82 Å². The summed E-state index contributed by atoms with van der Waals surface area (Å²) < 4.78 is 4.25. The Morgan fingerprint density at radius 3 is 2.35 bits per heavy atom. The molecule has 0 amide bonds. The van der Waals surface area contributed by atoms with Gasteiger partial charge in [0.25, 0.3) is 5.82 Å². The maximum Gasteiger partial charge on any atom is 0.270 e. The summed E-state index contributed by atoms with van der Waals surface area (Å²) in [6.45, 7) is 4.15. The van der Waals surface area contributed by atoms with Gasteiger partial charge in [-0.3, -0.25) is 0 Å². The minimum atomic E-state index is 0.941. The van der Waals surface area contributed by atoms with Crippen molar-refractivity contribution in [3.05, 3.63) is 78.4 Å². The molecule has 4 heteroatoms. The number of fused-ring (bicyclic) bond motifs is 1. The van der Waals surface area contributed by atoms with E-state index in [4.69, 9.17) is 0 Å². The maximum absolute atomic E-state index is 4.56. The first kappa shape index (κ1) is 13.6. The van der Waals surface area contributed by atoms with Crippen molar-refractivity contribution < 1.29 is 4.57 Å². The minimum Gasteiger partial charge on any atom is -0.224 e. The van der Waals surface area contributed by atoms with E-state index in [0.29, 0.717) is 0 Å². The highest BCUT2D eigenvalue weighted by molar-refractivity contribution is 5.74. The van der Waals surface area contributed by atoms with Crippen LogP contribution in [0.3, 0.4) is 0 Å². The van der Waals surface area contributed by atoms with Crippen LogP contribution >= 0.6 is 0 Å². The molecule has 3 aromatic heterocycles. The summed E-state index contributed by atoms with van der Waals surface area (Å²) in [6, 6.07) is 16.4. The van der Waals surface area contributed by atoms with Crippen molar-refractivity contribution in [1.29, 1.82) is 0 Å². The van der Waals surface area contributed by atoms with E-state index in [1.165, 1.54) is 0 Å². The largest absolute Gasteiger partial charge is 0.270 e. The molecule has 4 rings (SSSR count). The number of aryl methyl sites for hydroxylation is 2. The molecule has 0 aliphatic heterocycles. The zero-order valence-corrected chi connectivity index (χ0v) is 13.1. The Hall–Kier alpha value is -3.01. The van der Waals surface area contributed by atoms with Gasteiger partial charge >= 0.3 is 0 Å². The Labute approximate surface area is 134 Å². The normalized spacial score (nSPS) is 11.0. The second-order valence-electron chi connectivity index (χ2n) is 5.63. The standard InChI is InChI=1S/C19H17N4/c1-14-7-5-11-20-18(14)22-13-23(17-10-4-3-9-16(17)22)19-15(2)8-6-12-21-19/h3-13H,1-2H3/q+1. The zero-order valence-electron chi connectivity index (χ0n) is 13.1. The lowest BCUT2D eigenvalue weighted by Crippen LogP contribution is -2.31. The molecule has 4 aromatic rings. The monoisotopic (exact) mass is 301 g/mol. The van der Waals surface area contributed by atoms with E-state index in [0.717, 1.165) is 33.8 Å². The van der Waals surface area contributed by atoms with Gasteiger partial charge in [0, 0.05) is 17.3 Å². The average molecular weight is 301 g/mol. The van der Waals surface area contributed by atoms with Crippen LogP contribution in [-0.2, 0) is 0 Å². The maximum atomic E-state index is 4.56. The summed E-state index contributed by atoms with van der Waals surface area (Å²) >= 11 is 0. The zero-order chi connectivity index (χ0) is 15.8. The molecule has 0 saturated carbocycles. The van der Waals surface area contributed by atoms with Gasteiger partial charge in [0.2, 0.25) is 6.33 Å². The summed E-state index contributed by atoms with van der Waals surface area (Å²) in [5.74, 6) is 1.88. The fourth-order valence-electron chi connectivity index (χ4n) is 2.91. The molecule has 1 aromatic carbocycles. The number of aromatic nitrogens is 4. The number of pyridine rings is 2. The number of imidazole rings is 1. The molecule has 0 fully saturated rings. The Bertz CT molecular complexity index is 922. The number of nitrogens with zero attached hydrogens (tertiary/aromatic N) is 4. The van der Waals surface area contributed by atoms with E-state index < -0.39 is 0 Å². The van der Waals surface area contributed by atoms with Crippen LogP contribution in [0.1, 0.15) is 11.1 Å². The summed E-state index contributed by atoms with van der Waals surface area (Å²) in [5.41, 5.74) is 4.50. The van der Waals surface area contributed by atoms with Crippen molar-refractivity contribution in [3.63, 3.8) is 0 Å². The smallest absolute Gasteiger partial charge is 0.224 e. The predicted octanol–water partition coefficient (Wildman–Crippen LogP) is 3.31. The van der Waals surface area contributed by atoms with Gasteiger partial charge in [-0.2, -0.15) is 4.57 Å². The molecule has 0 atom stereocenters. The molecular formula is C19H17N4+. The van der Waals surface area contributed by atoms with E-state index in [2.05, 4.69) is 63.5 Å². The summed E-state index contributed by atoms with van der Waals surface area (Å²) in [6.07, 6.45) is 5.72. The van der Waals surface area contributed by atoms with Crippen LogP contribution in [0, 0.1) is 13.8 Å². The molecule has 0 saturated heterocycles. The molecule has 23 heavy (non-hydrogen) atoms. The lowest BCUT2D eigenvalue weighted by atomic mass is 10.2. The molecule has 3 heterocycles. The Balaban J connectivity index is 2.06. The molecule has 112 valence electrons. The SMILES string of the molecule is Cc1cccnc1-n1c[n+](-c2ncccc2C)c2ccccc21. The summed E-state index contributed by atoms with van der Waals surface area (Å²) in [4.78, 5) is 9.11. The van der Waals surface area contributed by atoms with Crippen LogP contribution in [0.2, 0.25) is 0 Å². The van der Waals surface area contributed by atoms with Crippen molar-refractivity contribution in [2.75, 3.05) is 0 Å². The highest BCUT2D eigenvalue weighted by Crippen LogP contribution is 2.19. The molecule has 0 N–H and O–H groups in total. The second kappa shape index (κ2) is 5.32. The van der Waals surface area contributed by atoms with Crippen LogP contribution < -0.4 is 4.57 Å². The van der Waals surface area contributed by atoms with Crippen LogP contribution in [0.25, 0.3) is 22.7 Å². The molecular weight excluding hydrogens is 284 g/mol. The van der Waals surface area contributed by atoms with Crippen molar-refractivity contribution in [2.24, 2.45) is 0 Å². The average Bonchev–Trinajstić information content (AvgIpc) is 2.95. The quantitative estimate of drug-likeness (QED) is 0.532. The van der Waals surface area contributed by atoms with Crippen molar-refractivity contribution in [2.45, 2.75) is 13.8 Å². The molecule has 0 bridgehead atoms. The van der Waals surface area contributed by atoms with Gasteiger partial charge in [-0.15, -0.1) is 4.98 Å².